The van der Waals surface area contributed by atoms with E-state index in [0.29, 0.717) is 45.7 Å². The van der Waals surface area contributed by atoms with Gasteiger partial charge in [-0.1, -0.05) is 50.6 Å². The number of aromatic nitrogens is 3. The summed E-state index contributed by atoms with van der Waals surface area (Å²) in [5, 5.41) is 7.16. The zero-order valence-corrected chi connectivity index (χ0v) is 26.6. The number of nitrogens with one attached hydrogen (secondary N) is 1. The molecule has 2 heterocycles. The summed E-state index contributed by atoms with van der Waals surface area (Å²) in [6.45, 7) is 6.01. The zero-order chi connectivity index (χ0) is 31.2. The van der Waals surface area contributed by atoms with Crippen molar-refractivity contribution in [3.05, 3.63) is 93.8 Å². The van der Waals surface area contributed by atoms with E-state index in [2.05, 4.69) is 15.3 Å². The third kappa shape index (κ3) is 7.78. The Bertz CT molecular complexity index is 1920. The van der Waals surface area contributed by atoms with Crippen LogP contribution in [0.2, 0.25) is 5.02 Å². The first-order valence-electron chi connectivity index (χ1n) is 14.0. The maximum Gasteiger partial charge on any atom is 0.240 e. The number of fused-ring (bicyclic) bond motifs is 1. The van der Waals surface area contributed by atoms with Gasteiger partial charge >= 0.3 is 0 Å². The molecule has 3 aromatic carbocycles. The van der Waals surface area contributed by atoms with Crippen LogP contribution in [0.5, 0.6) is 5.75 Å². The van der Waals surface area contributed by atoms with Gasteiger partial charge in [0.25, 0.3) is 0 Å². The van der Waals surface area contributed by atoms with Crippen molar-refractivity contribution in [3.8, 4) is 17.0 Å². The van der Waals surface area contributed by atoms with Crippen molar-refractivity contribution in [2.75, 3.05) is 5.32 Å². The maximum atomic E-state index is 13.5. The van der Waals surface area contributed by atoms with Crippen molar-refractivity contribution >= 4 is 60.7 Å². The number of nitrogens with zero attached hydrogens (tertiary/aromatic N) is 3. The van der Waals surface area contributed by atoms with Crippen LogP contribution >= 0.6 is 22.9 Å². The predicted octanol–water partition coefficient (Wildman–Crippen LogP) is 8.39. The molecule has 0 amide bonds. The second-order valence-corrected chi connectivity index (χ2v) is 12.7. The van der Waals surface area contributed by atoms with Crippen LogP contribution in [-0.4, -0.2) is 28.4 Å². The fourth-order valence-electron chi connectivity index (χ4n) is 4.46. The smallest absolute Gasteiger partial charge is 0.240 e. The standard InChI is InChI=1S/C32H30ClFN4O4S2/c1-4-28(42-30(44(39)40)12-19(2)3)32-38-27(17-43-32)21-8-10-26-24(14-21)31(36-18-35-26)37-23-9-11-29(25(33)15-23)41-16-20-6-5-7-22(34)13-20/h5-11,13-15,17-19,28H,4,12,16H2,1-3H3,(H,35,36,37). The first kappa shape index (κ1) is 31.5. The Labute approximate surface area is 265 Å². The number of thiazole rings is 1. The lowest BCUT2D eigenvalue weighted by Gasteiger charge is -2.14. The summed E-state index contributed by atoms with van der Waals surface area (Å²) in [5.74, 6) is 0.872. The summed E-state index contributed by atoms with van der Waals surface area (Å²) in [7, 11) is -2.42. The number of hydrogen-bond acceptors (Lipinski definition) is 9. The van der Waals surface area contributed by atoms with E-state index in [4.69, 9.17) is 26.1 Å². The monoisotopic (exact) mass is 652 g/mol. The highest BCUT2D eigenvalue weighted by Gasteiger charge is 2.20. The second-order valence-electron chi connectivity index (χ2n) is 10.4. The number of halogens is 2. The van der Waals surface area contributed by atoms with E-state index < -0.39 is 16.4 Å². The summed E-state index contributed by atoms with van der Waals surface area (Å²) >= 11 is 7.93. The molecule has 1 unspecified atom stereocenters. The van der Waals surface area contributed by atoms with E-state index in [-0.39, 0.29) is 23.4 Å². The number of anilines is 2. The van der Waals surface area contributed by atoms with Crippen LogP contribution in [0.25, 0.3) is 22.2 Å². The van der Waals surface area contributed by atoms with Crippen molar-refractivity contribution in [1.82, 2.24) is 15.0 Å². The summed E-state index contributed by atoms with van der Waals surface area (Å²) in [5.41, 5.74) is 3.72. The third-order valence-corrected chi connectivity index (χ3v) is 8.48. The minimum absolute atomic E-state index is 0.0495. The Hall–Kier alpha value is -3.90. The molecule has 0 saturated heterocycles. The van der Waals surface area contributed by atoms with E-state index in [1.165, 1.54) is 29.8 Å². The summed E-state index contributed by atoms with van der Waals surface area (Å²) in [4.78, 5) is 13.7. The molecule has 0 radical (unpaired) electrons. The van der Waals surface area contributed by atoms with E-state index in [0.717, 1.165) is 22.2 Å². The number of hydrogen-bond donors (Lipinski definition) is 1. The van der Waals surface area contributed by atoms with Crippen LogP contribution in [0.15, 0.2) is 72.4 Å². The van der Waals surface area contributed by atoms with Gasteiger partial charge in [-0.3, -0.25) is 0 Å². The van der Waals surface area contributed by atoms with Crippen LogP contribution < -0.4 is 10.1 Å². The Morgan fingerprint density at radius 2 is 1.93 bits per heavy atom. The second kappa shape index (κ2) is 14.3. The number of benzene rings is 3. The van der Waals surface area contributed by atoms with Crippen molar-refractivity contribution < 1.29 is 22.3 Å². The normalized spacial score (nSPS) is 12.0. The molecule has 2 aromatic heterocycles. The van der Waals surface area contributed by atoms with Gasteiger partial charge in [0.1, 0.15) is 41.4 Å². The maximum absolute atomic E-state index is 13.5. The molecule has 0 spiro atoms. The fourth-order valence-corrected chi connectivity index (χ4v) is 6.30. The topological polar surface area (TPSA) is 103 Å². The minimum Gasteiger partial charge on any atom is -0.487 e. The highest BCUT2D eigenvalue weighted by Crippen LogP contribution is 2.34. The first-order chi connectivity index (χ1) is 21.2. The van der Waals surface area contributed by atoms with Crippen LogP contribution in [0.3, 0.4) is 0 Å². The molecule has 5 aromatic rings. The Kier molecular flexibility index (Phi) is 10.2. The largest absolute Gasteiger partial charge is 0.487 e. The van der Waals surface area contributed by atoms with E-state index >= 15 is 0 Å². The van der Waals surface area contributed by atoms with E-state index in [1.807, 2.05) is 50.4 Å². The SMILES string of the molecule is CCC(OC(CC(C)C)=S(=O)=O)c1nc(-c2ccc3ncnc(Nc4ccc(OCc5cccc(F)c5)c(Cl)c4)c3c2)cs1. The van der Waals surface area contributed by atoms with Gasteiger partial charge in [0.15, 0.2) is 5.05 Å². The molecule has 44 heavy (non-hydrogen) atoms. The molecule has 228 valence electrons. The Balaban J connectivity index is 1.35. The quantitative estimate of drug-likeness (QED) is 0.142. The summed E-state index contributed by atoms with van der Waals surface area (Å²) < 4.78 is 48.7. The highest BCUT2D eigenvalue weighted by atomic mass is 35.5. The predicted molar refractivity (Wildman–Crippen MR) is 174 cm³/mol. The lowest BCUT2D eigenvalue weighted by molar-refractivity contribution is 0.184. The van der Waals surface area contributed by atoms with Gasteiger partial charge in [-0.25, -0.2) is 19.3 Å². The van der Waals surface area contributed by atoms with Gasteiger partial charge in [0.2, 0.25) is 10.3 Å². The van der Waals surface area contributed by atoms with Crippen molar-refractivity contribution in [2.24, 2.45) is 5.92 Å². The average molecular weight is 653 g/mol. The van der Waals surface area contributed by atoms with Crippen molar-refractivity contribution in [2.45, 2.75) is 46.3 Å². The van der Waals surface area contributed by atoms with Gasteiger partial charge < -0.3 is 14.8 Å². The molecule has 12 heteroatoms. The molecule has 0 aliphatic heterocycles. The van der Waals surface area contributed by atoms with Gasteiger partial charge in [0, 0.05) is 28.4 Å². The third-order valence-electron chi connectivity index (χ3n) is 6.61. The highest BCUT2D eigenvalue weighted by molar-refractivity contribution is 7.72. The molecular weight excluding hydrogens is 623 g/mol. The van der Waals surface area contributed by atoms with Gasteiger partial charge in [-0.05, 0) is 60.4 Å². The molecule has 0 saturated carbocycles. The minimum atomic E-state index is -2.42. The average Bonchev–Trinajstić information content (AvgIpc) is 3.49. The summed E-state index contributed by atoms with van der Waals surface area (Å²) in [6, 6.07) is 17.3. The number of ether oxygens (including phenoxy) is 2. The molecule has 1 atom stereocenters. The van der Waals surface area contributed by atoms with Crippen LogP contribution in [-0.2, 0) is 21.6 Å². The molecule has 0 bridgehead atoms. The molecule has 0 aliphatic carbocycles. The molecule has 8 nitrogen and oxygen atoms in total. The van der Waals surface area contributed by atoms with Crippen LogP contribution in [0, 0.1) is 11.7 Å². The van der Waals surface area contributed by atoms with E-state index in [1.54, 1.807) is 24.3 Å². The van der Waals surface area contributed by atoms with Gasteiger partial charge in [-0.2, -0.15) is 8.42 Å². The van der Waals surface area contributed by atoms with Crippen LogP contribution in [0.1, 0.15) is 50.3 Å². The van der Waals surface area contributed by atoms with Crippen LogP contribution in [0.4, 0.5) is 15.9 Å². The Morgan fingerprint density at radius 1 is 1.09 bits per heavy atom. The summed E-state index contributed by atoms with van der Waals surface area (Å²) in [6.07, 6.45) is 1.92. The van der Waals surface area contributed by atoms with Crippen molar-refractivity contribution in [1.29, 1.82) is 0 Å². The van der Waals surface area contributed by atoms with Gasteiger partial charge in [-0.15, -0.1) is 11.3 Å². The molecular formula is C32H30ClFN4O4S2. The molecule has 0 aliphatic rings. The molecule has 5 rings (SSSR count). The van der Waals surface area contributed by atoms with Crippen molar-refractivity contribution in [3.63, 3.8) is 0 Å². The lowest BCUT2D eigenvalue weighted by Crippen LogP contribution is -2.14. The van der Waals surface area contributed by atoms with E-state index in [9.17, 15) is 12.8 Å². The molecule has 1 N–H and O–H groups in total. The zero-order valence-electron chi connectivity index (χ0n) is 24.3. The molecule has 0 fully saturated rings. The number of rotatable bonds is 11. The fraction of sp³-hybridized carbons (Fsp3) is 0.250. The first-order valence-corrected chi connectivity index (χ1v) is 16.3. The lowest BCUT2D eigenvalue weighted by atomic mass is 10.1. The van der Waals surface area contributed by atoms with Gasteiger partial charge in [0.05, 0.1) is 16.2 Å². The Morgan fingerprint density at radius 3 is 2.66 bits per heavy atom.